The maximum absolute atomic E-state index is 13.1. The molecule has 7 heteroatoms. The first-order valence-electron chi connectivity index (χ1n) is 9.90. The molecule has 0 atom stereocenters. The zero-order chi connectivity index (χ0) is 20.4. The van der Waals surface area contributed by atoms with Crippen molar-refractivity contribution < 1.29 is 23.7 Å². The lowest BCUT2D eigenvalue weighted by Crippen LogP contribution is -2.38. The van der Waals surface area contributed by atoms with Gasteiger partial charge in [-0.25, -0.2) is 0 Å². The monoisotopic (exact) mass is 398 g/mol. The summed E-state index contributed by atoms with van der Waals surface area (Å²) in [5.41, 5.74) is 9.05. The molecule has 0 bridgehead atoms. The van der Waals surface area contributed by atoms with Gasteiger partial charge < -0.3 is 24.7 Å². The molecule has 2 aromatic rings. The van der Waals surface area contributed by atoms with Gasteiger partial charge in [0.2, 0.25) is 0 Å². The van der Waals surface area contributed by atoms with Crippen LogP contribution in [-0.2, 0) is 4.74 Å². The maximum atomic E-state index is 13.1. The van der Waals surface area contributed by atoms with Crippen LogP contribution in [0.25, 0.3) is 11.1 Å². The second-order valence-electron chi connectivity index (χ2n) is 6.98. The summed E-state index contributed by atoms with van der Waals surface area (Å²) in [6.45, 7) is 6.96. The average molecular weight is 398 g/mol. The Bertz CT molecular complexity index is 922. The van der Waals surface area contributed by atoms with Gasteiger partial charge in [0.1, 0.15) is 23.9 Å². The molecule has 0 spiro atoms. The summed E-state index contributed by atoms with van der Waals surface area (Å²) in [7, 11) is 1.58. The van der Waals surface area contributed by atoms with Crippen LogP contribution in [0.1, 0.15) is 22.8 Å². The molecule has 2 aromatic carbocycles. The molecule has 1 heterocycles. The van der Waals surface area contributed by atoms with Crippen LogP contribution in [0.5, 0.6) is 17.2 Å². The fourth-order valence-corrected chi connectivity index (χ4v) is 3.91. The molecule has 4 rings (SSSR count). The van der Waals surface area contributed by atoms with Crippen LogP contribution in [0.2, 0.25) is 0 Å². The van der Waals surface area contributed by atoms with Gasteiger partial charge in [-0.2, -0.15) is 0 Å². The summed E-state index contributed by atoms with van der Waals surface area (Å²) in [6, 6.07) is 7.25. The number of nitrogens with two attached hydrogens (primary N) is 1. The predicted octanol–water partition coefficient (Wildman–Crippen LogP) is 2.60. The third-order valence-corrected chi connectivity index (χ3v) is 5.33. The van der Waals surface area contributed by atoms with Crippen LogP contribution in [0, 0.1) is 0 Å². The summed E-state index contributed by atoms with van der Waals surface area (Å²) >= 11 is 0. The Morgan fingerprint density at radius 1 is 1.07 bits per heavy atom. The van der Waals surface area contributed by atoms with Gasteiger partial charge in [-0.3, -0.25) is 9.69 Å². The van der Waals surface area contributed by atoms with Crippen LogP contribution in [0.3, 0.4) is 0 Å². The van der Waals surface area contributed by atoms with Crippen molar-refractivity contribution in [3.63, 3.8) is 0 Å². The Labute approximate surface area is 170 Å². The molecular weight excluding hydrogens is 372 g/mol. The van der Waals surface area contributed by atoms with E-state index in [0.29, 0.717) is 52.8 Å². The quantitative estimate of drug-likeness (QED) is 0.613. The zero-order valence-corrected chi connectivity index (χ0v) is 16.8. The van der Waals surface area contributed by atoms with E-state index in [1.807, 2.05) is 19.1 Å². The van der Waals surface area contributed by atoms with Crippen molar-refractivity contribution in [1.82, 2.24) is 4.90 Å². The molecule has 1 aliphatic heterocycles. The first-order valence-corrected chi connectivity index (χ1v) is 9.90. The van der Waals surface area contributed by atoms with Crippen LogP contribution in [0.4, 0.5) is 5.69 Å². The van der Waals surface area contributed by atoms with E-state index in [9.17, 15) is 4.79 Å². The maximum Gasteiger partial charge on any atom is 0.196 e. The summed E-state index contributed by atoms with van der Waals surface area (Å²) in [5.74, 6) is 1.53. The van der Waals surface area contributed by atoms with Gasteiger partial charge in [0.25, 0.3) is 0 Å². The van der Waals surface area contributed by atoms with Crippen molar-refractivity contribution in [2.75, 3.05) is 58.9 Å². The van der Waals surface area contributed by atoms with Crippen molar-refractivity contribution in [1.29, 1.82) is 0 Å². The van der Waals surface area contributed by atoms with E-state index in [1.165, 1.54) is 0 Å². The molecule has 29 heavy (non-hydrogen) atoms. The number of methoxy groups -OCH3 is 1. The summed E-state index contributed by atoms with van der Waals surface area (Å²) in [6.07, 6.45) is 0. The van der Waals surface area contributed by atoms with Crippen molar-refractivity contribution in [3.8, 4) is 28.4 Å². The van der Waals surface area contributed by atoms with Crippen molar-refractivity contribution in [2.24, 2.45) is 0 Å². The predicted molar refractivity (Wildman–Crippen MR) is 110 cm³/mol. The number of anilines is 1. The number of morpholine rings is 1. The molecule has 0 amide bonds. The van der Waals surface area contributed by atoms with Gasteiger partial charge in [-0.15, -0.1) is 0 Å². The highest BCUT2D eigenvalue weighted by atomic mass is 16.5. The number of ether oxygens (including phenoxy) is 4. The number of rotatable bonds is 7. The van der Waals surface area contributed by atoms with Crippen LogP contribution >= 0.6 is 0 Å². The topological polar surface area (TPSA) is 83.2 Å². The van der Waals surface area contributed by atoms with Gasteiger partial charge in [-0.1, -0.05) is 12.1 Å². The minimum Gasteiger partial charge on any atom is -0.496 e. The number of nitrogens with zero attached hydrogens (tertiary/aromatic N) is 1. The van der Waals surface area contributed by atoms with E-state index >= 15 is 0 Å². The standard InChI is InChI=1S/C22H26N2O5/c1-3-28-17-13-16(26-2)19-18-14(22(25)20(19)21(17)23)5-4-6-15(18)29-12-9-24-7-10-27-11-8-24/h4-6,13H,3,7-12,23H2,1-2H3. The van der Waals surface area contributed by atoms with Gasteiger partial charge in [0.05, 0.1) is 38.2 Å². The minimum atomic E-state index is -0.133. The highest BCUT2D eigenvalue weighted by Crippen LogP contribution is 2.51. The number of hydrogen-bond donors (Lipinski definition) is 1. The molecule has 0 radical (unpaired) electrons. The van der Waals surface area contributed by atoms with Crippen LogP contribution in [0.15, 0.2) is 24.3 Å². The summed E-state index contributed by atoms with van der Waals surface area (Å²) in [4.78, 5) is 15.4. The lowest BCUT2D eigenvalue weighted by Gasteiger charge is -2.26. The first-order chi connectivity index (χ1) is 14.2. The summed E-state index contributed by atoms with van der Waals surface area (Å²) in [5, 5.41) is 0. The summed E-state index contributed by atoms with van der Waals surface area (Å²) < 4.78 is 22.7. The number of carbonyl (C=O) groups is 1. The highest BCUT2D eigenvalue weighted by Gasteiger charge is 2.36. The fourth-order valence-electron chi connectivity index (χ4n) is 3.91. The van der Waals surface area contributed by atoms with Crippen molar-refractivity contribution in [2.45, 2.75) is 6.92 Å². The molecule has 2 N–H and O–H groups in total. The van der Waals surface area contributed by atoms with Gasteiger partial charge in [0.15, 0.2) is 5.78 Å². The third kappa shape index (κ3) is 3.52. The Morgan fingerprint density at radius 3 is 2.59 bits per heavy atom. The Balaban J connectivity index is 1.68. The Hall–Kier alpha value is -2.77. The van der Waals surface area contributed by atoms with Crippen molar-refractivity contribution >= 4 is 11.5 Å². The highest BCUT2D eigenvalue weighted by molar-refractivity contribution is 6.26. The lowest BCUT2D eigenvalue weighted by atomic mass is 10.0. The molecule has 0 saturated carbocycles. The van der Waals surface area contributed by atoms with Crippen LogP contribution < -0.4 is 19.9 Å². The number of hydrogen-bond acceptors (Lipinski definition) is 7. The van der Waals surface area contributed by atoms with Crippen molar-refractivity contribution in [3.05, 3.63) is 35.4 Å². The van der Waals surface area contributed by atoms with Crippen LogP contribution in [-0.4, -0.2) is 63.9 Å². The smallest absolute Gasteiger partial charge is 0.196 e. The fraction of sp³-hybridized carbons (Fsp3) is 0.409. The largest absolute Gasteiger partial charge is 0.496 e. The molecule has 1 saturated heterocycles. The number of benzene rings is 2. The molecule has 0 unspecified atom stereocenters. The number of carbonyl (C=O) groups excluding carboxylic acids is 1. The second-order valence-corrected chi connectivity index (χ2v) is 6.98. The zero-order valence-electron chi connectivity index (χ0n) is 16.8. The third-order valence-electron chi connectivity index (χ3n) is 5.33. The second kappa shape index (κ2) is 8.31. The van der Waals surface area contributed by atoms with E-state index < -0.39 is 0 Å². The lowest BCUT2D eigenvalue weighted by molar-refractivity contribution is 0.0323. The molecule has 2 aliphatic rings. The number of fused-ring (bicyclic) bond motifs is 3. The first kappa shape index (κ1) is 19.5. The number of ketones is 1. The van der Waals surface area contributed by atoms with E-state index in [-0.39, 0.29) is 5.78 Å². The normalized spacial score (nSPS) is 15.7. The molecule has 7 nitrogen and oxygen atoms in total. The van der Waals surface area contributed by atoms with E-state index in [4.69, 9.17) is 24.7 Å². The van der Waals surface area contributed by atoms with E-state index in [0.717, 1.165) is 38.4 Å². The molecule has 1 aliphatic carbocycles. The van der Waals surface area contributed by atoms with E-state index in [1.54, 1.807) is 19.2 Å². The average Bonchev–Trinajstić information content (AvgIpc) is 3.05. The Kier molecular flexibility index (Phi) is 5.60. The van der Waals surface area contributed by atoms with E-state index in [2.05, 4.69) is 4.90 Å². The SMILES string of the molecule is CCOc1cc(OC)c2c(c1N)C(=O)c1cccc(OCCN3CCOCC3)c1-2. The minimum absolute atomic E-state index is 0.133. The van der Waals surface area contributed by atoms with Gasteiger partial charge in [0, 0.05) is 42.4 Å². The van der Waals surface area contributed by atoms with Gasteiger partial charge in [-0.05, 0) is 13.0 Å². The molecular formula is C22H26N2O5. The molecule has 154 valence electrons. The molecule has 0 aromatic heterocycles. The Morgan fingerprint density at radius 2 is 1.86 bits per heavy atom. The number of nitrogen functional groups attached to an aromatic ring is 1. The van der Waals surface area contributed by atoms with Gasteiger partial charge >= 0.3 is 0 Å². The molecule has 1 fully saturated rings.